The molecule has 23 heavy (non-hydrogen) atoms. The van der Waals surface area contributed by atoms with Crippen LogP contribution in [0.1, 0.15) is 25.7 Å². The van der Waals surface area contributed by atoms with Gasteiger partial charge in [-0.3, -0.25) is 0 Å². The van der Waals surface area contributed by atoms with Gasteiger partial charge in [0.2, 0.25) is 0 Å². The highest BCUT2D eigenvalue weighted by molar-refractivity contribution is 7.80. The van der Waals surface area contributed by atoms with Crippen molar-refractivity contribution >= 4 is 23.0 Å². The molecule has 0 saturated carbocycles. The molecular formula is C16H24F2N3OS+. The van der Waals surface area contributed by atoms with Gasteiger partial charge in [-0.15, -0.1) is 0 Å². The minimum absolute atomic E-state index is 0.133. The minimum Gasteiger partial charge on any atom is -0.435 e. The molecule has 7 heteroatoms. The van der Waals surface area contributed by atoms with Crippen molar-refractivity contribution in [1.82, 2.24) is 5.32 Å². The Morgan fingerprint density at radius 1 is 1.17 bits per heavy atom. The summed E-state index contributed by atoms with van der Waals surface area (Å²) < 4.78 is 28.4. The Morgan fingerprint density at radius 3 is 2.52 bits per heavy atom. The van der Waals surface area contributed by atoms with Gasteiger partial charge in [-0.1, -0.05) is 0 Å². The molecule has 1 heterocycles. The monoisotopic (exact) mass is 344 g/mol. The number of alkyl halides is 2. The van der Waals surface area contributed by atoms with Crippen LogP contribution in [0.4, 0.5) is 14.5 Å². The van der Waals surface area contributed by atoms with E-state index in [1.165, 1.54) is 51.0 Å². The maximum absolute atomic E-state index is 12.1. The lowest BCUT2D eigenvalue weighted by atomic mass is 10.1. The first-order valence-corrected chi connectivity index (χ1v) is 8.47. The molecule has 1 aromatic rings. The molecule has 0 unspecified atom stereocenters. The Balaban J connectivity index is 1.62. The summed E-state index contributed by atoms with van der Waals surface area (Å²) in [5.74, 6) is 0.133. The summed E-state index contributed by atoms with van der Waals surface area (Å²) in [6, 6.07) is 6.28. The number of thiocarbonyl (C=S) groups is 1. The molecule has 0 aromatic heterocycles. The Hall–Kier alpha value is -1.47. The summed E-state index contributed by atoms with van der Waals surface area (Å²) in [5.41, 5.74) is 0.741. The third kappa shape index (κ3) is 7.09. The molecule has 0 atom stereocenters. The fraction of sp³-hybridized carbons (Fsp3) is 0.562. The number of likely N-dealkylation sites (tertiary alicyclic amines) is 1. The van der Waals surface area contributed by atoms with Crippen LogP contribution in [0, 0.1) is 0 Å². The number of hydrogen-bond donors (Lipinski definition) is 3. The second-order valence-corrected chi connectivity index (χ2v) is 6.11. The van der Waals surface area contributed by atoms with E-state index in [1.807, 2.05) is 0 Å². The number of nitrogens with one attached hydrogen (secondary N) is 3. The lowest BCUT2D eigenvalue weighted by Gasteiger charge is -2.23. The summed E-state index contributed by atoms with van der Waals surface area (Å²) in [6.45, 7) is 1.78. The maximum atomic E-state index is 12.1. The Bertz CT molecular complexity index is 479. The molecule has 0 bridgehead atoms. The van der Waals surface area contributed by atoms with Crippen molar-refractivity contribution in [3.8, 4) is 5.75 Å². The third-order valence-corrected chi connectivity index (χ3v) is 4.14. The van der Waals surface area contributed by atoms with E-state index < -0.39 is 6.61 Å². The Kier molecular flexibility index (Phi) is 7.48. The van der Waals surface area contributed by atoms with Crippen molar-refractivity contribution in [2.24, 2.45) is 0 Å². The number of anilines is 1. The fourth-order valence-corrected chi connectivity index (χ4v) is 2.96. The highest BCUT2D eigenvalue weighted by Gasteiger charge is 2.12. The Morgan fingerprint density at radius 2 is 1.87 bits per heavy atom. The van der Waals surface area contributed by atoms with E-state index in [0.29, 0.717) is 5.11 Å². The molecule has 3 N–H and O–H groups in total. The number of benzene rings is 1. The van der Waals surface area contributed by atoms with Crippen molar-refractivity contribution in [2.45, 2.75) is 32.3 Å². The van der Waals surface area contributed by atoms with Gasteiger partial charge >= 0.3 is 6.61 Å². The second-order valence-electron chi connectivity index (χ2n) is 5.70. The summed E-state index contributed by atoms with van der Waals surface area (Å²) in [4.78, 5) is 1.69. The van der Waals surface area contributed by atoms with E-state index in [4.69, 9.17) is 12.2 Å². The number of quaternary nitrogens is 1. The van der Waals surface area contributed by atoms with Gasteiger partial charge in [-0.05, 0) is 55.7 Å². The van der Waals surface area contributed by atoms with E-state index >= 15 is 0 Å². The smallest absolute Gasteiger partial charge is 0.387 e. The van der Waals surface area contributed by atoms with E-state index in [2.05, 4.69) is 15.4 Å². The molecule has 1 fully saturated rings. The van der Waals surface area contributed by atoms with E-state index in [9.17, 15) is 8.78 Å². The topological polar surface area (TPSA) is 37.7 Å². The molecule has 128 valence electrons. The summed E-state index contributed by atoms with van der Waals surface area (Å²) >= 11 is 5.23. The number of hydrogen-bond acceptors (Lipinski definition) is 2. The molecule has 0 spiro atoms. The van der Waals surface area contributed by atoms with Gasteiger partial charge in [0.15, 0.2) is 5.11 Å². The average Bonchev–Trinajstić information content (AvgIpc) is 2.54. The van der Waals surface area contributed by atoms with Crippen LogP contribution >= 0.6 is 12.2 Å². The molecule has 0 radical (unpaired) electrons. The van der Waals surface area contributed by atoms with Crippen molar-refractivity contribution < 1.29 is 18.4 Å². The summed E-state index contributed by atoms with van der Waals surface area (Å²) in [7, 11) is 0. The van der Waals surface area contributed by atoms with Crippen LogP contribution in [0.3, 0.4) is 0 Å². The molecule has 0 aliphatic carbocycles. The zero-order valence-corrected chi connectivity index (χ0v) is 13.9. The lowest BCUT2D eigenvalue weighted by molar-refractivity contribution is -0.904. The first kappa shape index (κ1) is 17.9. The van der Waals surface area contributed by atoms with Gasteiger partial charge in [0, 0.05) is 18.7 Å². The largest absolute Gasteiger partial charge is 0.435 e. The minimum atomic E-state index is -2.81. The molecule has 1 aromatic carbocycles. The summed E-state index contributed by atoms with van der Waals surface area (Å²) in [5, 5.41) is 6.75. The third-order valence-electron chi connectivity index (χ3n) is 3.89. The number of piperidine rings is 1. The highest BCUT2D eigenvalue weighted by atomic mass is 32.1. The predicted molar refractivity (Wildman–Crippen MR) is 91.3 cm³/mol. The van der Waals surface area contributed by atoms with Crippen molar-refractivity contribution in [1.29, 1.82) is 0 Å². The molecule has 4 nitrogen and oxygen atoms in total. The fourth-order valence-electron chi connectivity index (χ4n) is 2.74. The Labute approximate surface area is 141 Å². The standard InChI is InChI=1S/C16H23F2N3OS/c17-15(18)22-14-7-5-13(6-8-14)20-16(23)19-9-4-12-21-10-2-1-3-11-21/h5-8,15H,1-4,9-12H2,(H2,19,20,23)/p+1. The molecule has 1 saturated heterocycles. The van der Waals surface area contributed by atoms with Crippen LogP contribution in [0.15, 0.2) is 24.3 Å². The zero-order chi connectivity index (χ0) is 16.5. The lowest BCUT2D eigenvalue weighted by Crippen LogP contribution is -3.12. The van der Waals surface area contributed by atoms with E-state index in [0.717, 1.165) is 18.7 Å². The normalized spacial score (nSPS) is 15.4. The number of halogens is 2. The van der Waals surface area contributed by atoms with Gasteiger partial charge in [0.1, 0.15) is 5.75 Å². The second kappa shape index (κ2) is 9.62. The quantitative estimate of drug-likeness (QED) is 0.523. The molecule has 0 amide bonds. The SMILES string of the molecule is FC(F)Oc1ccc(NC(=S)NCCC[NH+]2CCCCC2)cc1. The van der Waals surface area contributed by atoms with Gasteiger partial charge in [0.25, 0.3) is 0 Å². The molecular weight excluding hydrogens is 320 g/mol. The van der Waals surface area contributed by atoms with E-state index in [1.54, 1.807) is 17.0 Å². The van der Waals surface area contributed by atoms with E-state index in [-0.39, 0.29) is 5.75 Å². The first-order valence-electron chi connectivity index (χ1n) is 8.07. The van der Waals surface area contributed by atoms with Gasteiger partial charge in [0.05, 0.1) is 19.6 Å². The summed E-state index contributed by atoms with van der Waals surface area (Å²) in [6.07, 6.45) is 5.14. The van der Waals surface area contributed by atoms with Gasteiger partial charge < -0.3 is 20.3 Å². The van der Waals surface area contributed by atoms with Crippen molar-refractivity contribution in [2.75, 3.05) is 31.5 Å². The van der Waals surface area contributed by atoms with Crippen LogP contribution in [0.2, 0.25) is 0 Å². The van der Waals surface area contributed by atoms with Gasteiger partial charge in [-0.25, -0.2) is 0 Å². The van der Waals surface area contributed by atoms with Crippen LogP contribution in [-0.2, 0) is 0 Å². The zero-order valence-electron chi connectivity index (χ0n) is 13.1. The van der Waals surface area contributed by atoms with Crippen LogP contribution in [-0.4, -0.2) is 37.9 Å². The van der Waals surface area contributed by atoms with Crippen LogP contribution in [0.25, 0.3) is 0 Å². The van der Waals surface area contributed by atoms with Crippen LogP contribution in [0.5, 0.6) is 5.75 Å². The van der Waals surface area contributed by atoms with Crippen LogP contribution < -0.4 is 20.3 Å². The van der Waals surface area contributed by atoms with Gasteiger partial charge in [-0.2, -0.15) is 8.78 Å². The average molecular weight is 344 g/mol. The number of rotatable bonds is 7. The molecule has 2 rings (SSSR count). The molecule has 1 aliphatic heterocycles. The highest BCUT2D eigenvalue weighted by Crippen LogP contribution is 2.17. The number of ether oxygens (including phenoxy) is 1. The predicted octanol–water partition coefficient (Wildman–Crippen LogP) is 2.03. The first-order chi connectivity index (χ1) is 11.1. The van der Waals surface area contributed by atoms with Crippen molar-refractivity contribution in [3.05, 3.63) is 24.3 Å². The molecule has 1 aliphatic rings. The maximum Gasteiger partial charge on any atom is 0.387 e. The van der Waals surface area contributed by atoms with Crippen molar-refractivity contribution in [3.63, 3.8) is 0 Å².